The van der Waals surface area contributed by atoms with Gasteiger partial charge in [0, 0.05) is 30.2 Å². The number of nitrogens with zero attached hydrogens (tertiary/aromatic N) is 2. The molecule has 2 aliphatic rings. The molecular formula is C22H29F2N3O. The number of amides is 1. The number of hydrogen-bond donors (Lipinski definition) is 1. The van der Waals surface area contributed by atoms with Crippen LogP contribution in [0.4, 0.5) is 8.78 Å². The van der Waals surface area contributed by atoms with Crippen LogP contribution in [-0.2, 0) is 11.2 Å². The predicted molar refractivity (Wildman–Crippen MR) is 105 cm³/mol. The van der Waals surface area contributed by atoms with Crippen molar-refractivity contribution in [1.29, 1.82) is 0 Å². The molecule has 0 atom stereocenters. The highest BCUT2D eigenvalue weighted by Gasteiger charge is 2.38. The number of rotatable bonds is 4. The van der Waals surface area contributed by atoms with Crippen LogP contribution < -0.4 is 5.32 Å². The van der Waals surface area contributed by atoms with Crippen LogP contribution in [0.25, 0.3) is 10.9 Å². The minimum Gasteiger partial charge on any atom is -0.353 e. The third kappa shape index (κ3) is 4.06. The molecule has 2 aliphatic carbocycles. The van der Waals surface area contributed by atoms with Gasteiger partial charge in [0.25, 0.3) is 0 Å². The van der Waals surface area contributed by atoms with Gasteiger partial charge in [-0.05, 0) is 62.6 Å². The summed E-state index contributed by atoms with van der Waals surface area (Å²) in [7, 11) is 0. The van der Waals surface area contributed by atoms with Crippen molar-refractivity contribution in [2.75, 3.05) is 0 Å². The summed E-state index contributed by atoms with van der Waals surface area (Å²) in [5.74, 6) is -2.87. The van der Waals surface area contributed by atoms with Crippen LogP contribution in [0.3, 0.4) is 0 Å². The Labute approximate surface area is 164 Å². The summed E-state index contributed by atoms with van der Waals surface area (Å²) in [6.07, 6.45) is 7.00. The third-order valence-electron chi connectivity index (χ3n) is 6.55. The van der Waals surface area contributed by atoms with Gasteiger partial charge in [-0.15, -0.1) is 0 Å². The molecule has 1 amide bonds. The summed E-state index contributed by atoms with van der Waals surface area (Å²) in [6, 6.07) is 7.04. The van der Waals surface area contributed by atoms with Gasteiger partial charge in [0.2, 0.25) is 11.8 Å². The number of carbonyl (C=O) groups excluding carboxylic acids is 1. The monoisotopic (exact) mass is 389 g/mol. The van der Waals surface area contributed by atoms with Gasteiger partial charge in [-0.1, -0.05) is 13.0 Å². The summed E-state index contributed by atoms with van der Waals surface area (Å²) in [5, 5.41) is 8.93. The molecule has 4 rings (SSSR count). The van der Waals surface area contributed by atoms with E-state index in [1.807, 2.05) is 6.20 Å². The lowest BCUT2D eigenvalue weighted by Gasteiger charge is -2.32. The lowest BCUT2D eigenvalue weighted by molar-refractivity contribution is -0.130. The van der Waals surface area contributed by atoms with Crippen molar-refractivity contribution in [3.8, 4) is 0 Å². The van der Waals surface area contributed by atoms with E-state index in [1.54, 1.807) is 0 Å². The summed E-state index contributed by atoms with van der Waals surface area (Å²) >= 11 is 0. The van der Waals surface area contributed by atoms with Gasteiger partial charge in [0.05, 0.1) is 17.8 Å². The van der Waals surface area contributed by atoms with Gasteiger partial charge in [-0.3, -0.25) is 9.48 Å². The average molecular weight is 389 g/mol. The molecule has 2 fully saturated rings. The molecule has 6 heteroatoms. The first-order valence-electron chi connectivity index (χ1n) is 10.6. The second kappa shape index (κ2) is 7.80. The van der Waals surface area contributed by atoms with Crippen LogP contribution in [0.1, 0.15) is 69.9 Å². The molecule has 0 bridgehead atoms. The second-order valence-corrected chi connectivity index (χ2v) is 8.48. The van der Waals surface area contributed by atoms with Crippen LogP contribution >= 0.6 is 0 Å². The summed E-state index contributed by atoms with van der Waals surface area (Å²) in [6.45, 7) is 2.15. The Hall–Kier alpha value is -1.98. The van der Waals surface area contributed by atoms with Gasteiger partial charge in [-0.25, -0.2) is 8.78 Å². The Morgan fingerprint density at radius 3 is 2.57 bits per heavy atom. The maximum atomic E-state index is 13.3. The Morgan fingerprint density at radius 2 is 1.89 bits per heavy atom. The molecule has 0 saturated heterocycles. The van der Waals surface area contributed by atoms with E-state index in [4.69, 9.17) is 0 Å². The summed E-state index contributed by atoms with van der Waals surface area (Å²) in [5.41, 5.74) is 2.49. The topological polar surface area (TPSA) is 46.9 Å². The Kier molecular flexibility index (Phi) is 5.39. The smallest absolute Gasteiger partial charge is 0.248 e. The maximum Gasteiger partial charge on any atom is 0.248 e. The Balaban J connectivity index is 1.32. The van der Waals surface area contributed by atoms with Gasteiger partial charge in [0.1, 0.15) is 0 Å². The van der Waals surface area contributed by atoms with Crippen molar-refractivity contribution >= 4 is 16.8 Å². The SMILES string of the molecule is CCc1ccc2c(cnn2C2CCC(NC(=O)C3CCC(F)(F)CC3)CC2)c1. The minimum atomic E-state index is -2.58. The fourth-order valence-corrected chi connectivity index (χ4v) is 4.70. The van der Waals surface area contributed by atoms with Crippen molar-refractivity contribution in [3.05, 3.63) is 30.0 Å². The summed E-state index contributed by atoms with van der Waals surface area (Å²) < 4.78 is 28.7. The molecule has 152 valence electrons. The second-order valence-electron chi connectivity index (χ2n) is 8.48. The van der Waals surface area contributed by atoms with E-state index in [2.05, 4.69) is 40.2 Å². The fraction of sp³-hybridized carbons (Fsp3) is 0.636. The zero-order chi connectivity index (χ0) is 19.7. The van der Waals surface area contributed by atoms with Gasteiger partial charge >= 0.3 is 0 Å². The van der Waals surface area contributed by atoms with Crippen molar-refractivity contribution < 1.29 is 13.6 Å². The number of carbonyl (C=O) groups is 1. The van der Waals surface area contributed by atoms with E-state index in [0.29, 0.717) is 18.9 Å². The van der Waals surface area contributed by atoms with Crippen molar-refractivity contribution in [2.24, 2.45) is 5.92 Å². The molecule has 0 spiro atoms. The highest BCUT2D eigenvalue weighted by molar-refractivity contribution is 5.80. The van der Waals surface area contributed by atoms with Crippen LogP contribution in [-0.4, -0.2) is 27.7 Å². The number of aryl methyl sites for hydroxylation is 1. The molecule has 1 heterocycles. The molecule has 1 aromatic carbocycles. The Bertz CT molecular complexity index is 829. The molecule has 0 radical (unpaired) electrons. The fourth-order valence-electron chi connectivity index (χ4n) is 4.70. The van der Waals surface area contributed by atoms with E-state index in [0.717, 1.165) is 32.1 Å². The first-order valence-corrected chi connectivity index (χ1v) is 10.6. The Morgan fingerprint density at radius 1 is 1.18 bits per heavy atom. The molecule has 1 N–H and O–H groups in total. The zero-order valence-electron chi connectivity index (χ0n) is 16.5. The van der Waals surface area contributed by atoms with Crippen LogP contribution in [0.2, 0.25) is 0 Å². The number of aromatic nitrogens is 2. The molecule has 2 saturated carbocycles. The normalized spacial score (nSPS) is 25.7. The molecule has 0 aliphatic heterocycles. The number of hydrogen-bond acceptors (Lipinski definition) is 2. The van der Waals surface area contributed by atoms with Crippen molar-refractivity contribution in [2.45, 2.75) is 82.7 Å². The quantitative estimate of drug-likeness (QED) is 0.798. The molecule has 4 nitrogen and oxygen atoms in total. The van der Waals surface area contributed by atoms with Crippen LogP contribution in [0.5, 0.6) is 0 Å². The van der Waals surface area contributed by atoms with Crippen molar-refractivity contribution in [3.63, 3.8) is 0 Å². The maximum absolute atomic E-state index is 13.3. The van der Waals surface area contributed by atoms with E-state index in [1.165, 1.54) is 16.5 Å². The summed E-state index contributed by atoms with van der Waals surface area (Å²) in [4.78, 5) is 12.4. The lowest BCUT2D eigenvalue weighted by Crippen LogP contribution is -2.43. The van der Waals surface area contributed by atoms with Gasteiger partial charge < -0.3 is 5.32 Å². The average Bonchev–Trinajstić information content (AvgIpc) is 3.11. The van der Waals surface area contributed by atoms with Gasteiger partial charge in [0.15, 0.2) is 0 Å². The number of nitrogens with one attached hydrogen (secondary N) is 1. The number of alkyl halides is 2. The molecule has 2 aromatic rings. The predicted octanol–water partition coefficient (Wildman–Crippen LogP) is 5.02. The highest BCUT2D eigenvalue weighted by Crippen LogP contribution is 2.37. The first kappa shape index (κ1) is 19.3. The van der Waals surface area contributed by atoms with E-state index in [-0.39, 0.29) is 30.7 Å². The largest absolute Gasteiger partial charge is 0.353 e. The molecule has 0 unspecified atom stereocenters. The van der Waals surface area contributed by atoms with Crippen LogP contribution in [0.15, 0.2) is 24.4 Å². The third-order valence-corrected chi connectivity index (χ3v) is 6.55. The van der Waals surface area contributed by atoms with E-state index < -0.39 is 5.92 Å². The standard InChI is InChI=1S/C22H29F2N3O/c1-2-15-3-8-20-17(13-15)14-25-27(20)19-6-4-18(5-7-19)26-21(28)16-9-11-22(23,24)12-10-16/h3,8,13-14,16,18-19H,2,4-7,9-12H2,1H3,(H,26,28). The molecule has 1 aromatic heterocycles. The number of halogens is 2. The van der Waals surface area contributed by atoms with E-state index in [9.17, 15) is 13.6 Å². The number of fused-ring (bicyclic) bond motifs is 1. The highest BCUT2D eigenvalue weighted by atomic mass is 19.3. The molecular weight excluding hydrogens is 360 g/mol. The lowest BCUT2D eigenvalue weighted by atomic mass is 9.85. The van der Waals surface area contributed by atoms with Crippen LogP contribution in [0, 0.1) is 5.92 Å². The zero-order valence-corrected chi connectivity index (χ0v) is 16.5. The van der Waals surface area contributed by atoms with Crippen molar-refractivity contribution in [1.82, 2.24) is 15.1 Å². The van der Waals surface area contributed by atoms with E-state index >= 15 is 0 Å². The molecule has 28 heavy (non-hydrogen) atoms. The number of benzene rings is 1. The minimum absolute atomic E-state index is 0.0319. The van der Waals surface area contributed by atoms with Gasteiger partial charge in [-0.2, -0.15) is 5.10 Å². The first-order chi connectivity index (χ1) is 13.4.